The molecule has 0 heterocycles. The molecule has 0 radical (unpaired) electrons. The fourth-order valence-corrected chi connectivity index (χ4v) is 1.25. The average Bonchev–Trinajstić information content (AvgIpc) is 1.88. The monoisotopic (exact) mass is 141 g/mol. The van der Waals surface area contributed by atoms with Crippen LogP contribution in [0.15, 0.2) is 12.2 Å². The van der Waals surface area contributed by atoms with Gasteiger partial charge in [-0.05, 0) is 19.9 Å². The third-order valence-electron chi connectivity index (χ3n) is 2.05. The van der Waals surface area contributed by atoms with Gasteiger partial charge in [-0.25, -0.2) is 0 Å². The van der Waals surface area contributed by atoms with E-state index in [0.29, 0.717) is 12.0 Å². The molecule has 0 saturated carbocycles. The first-order valence-corrected chi connectivity index (χ1v) is 3.96. The SMILES string of the molecule is C=C(C)C(NC)[C@H](C)CC. The summed E-state index contributed by atoms with van der Waals surface area (Å²) in [6.45, 7) is 10.5. The lowest BCUT2D eigenvalue weighted by Crippen LogP contribution is -2.32. The van der Waals surface area contributed by atoms with Gasteiger partial charge in [-0.2, -0.15) is 0 Å². The molecule has 0 saturated heterocycles. The van der Waals surface area contributed by atoms with Gasteiger partial charge in [0.1, 0.15) is 0 Å². The Balaban J connectivity index is 3.92. The van der Waals surface area contributed by atoms with E-state index in [2.05, 4.69) is 32.7 Å². The third kappa shape index (κ3) is 2.53. The molecule has 0 aromatic carbocycles. The molecule has 0 rings (SSSR count). The lowest BCUT2D eigenvalue weighted by atomic mass is 9.94. The molecular formula is C9H19N. The van der Waals surface area contributed by atoms with Crippen molar-refractivity contribution in [3.8, 4) is 0 Å². The van der Waals surface area contributed by atoms with Gasteiger partial charge < -0.3 is 5.32 Å². The Hall–Kier alpha value is -0.300. The summed E-state index contributed by atoms with van der Waals surface area (Å²) in [7, 11) is 1.99. The summed E-state index contributed by atoms with van der Waals surface area (Å²) in [5.41, 5.74) is 1.23. The van der Waals surface area contributed by atoms with Gasteiger partial charge in [-0.3, -0.25) is 0 Å². The molecule has 1 nitrogen and oxygen atoms in total. The summed E-state index contributed by atoms with van der Waals surface area (Å²) >= 11 is 0. The summed E-state index contributed by atoms with van der Waals surface area (Å²) in [6.07, 6.45) is 1.21. The van der Waals surface area contributed by atoms with Crippen LogP contribution in [0.1, 0.15) is 27.2 Å². The fourth-order valence-electron chi connectivity index (χ4n) is 1.25. The van der Waals surface area contributed by atoms with Crippen LogP contribution >= 0.6 is 0 Å². The van der Waals surface area contributed by atoms with Crippen molar-refractivity contribution in [2.75, 3.05) is 7.05 Å². The minimum atomic E-state index is 0.491. The van der Waals surface area contributed by atoms with Crippen LogP contribution in [0.5, 0.6) is 0 Å². The standard InChI is InChI=1S/C9H19N/c1-6-8(4)9(10-5)7(2)3/h8-10H,2,6H2,1,3-5H3/t8-,9?/m1/s1. The zero-order chi connectivity index (χ0) is 8.15. The average molecular weight is 141 g/mol. The van der Waals surface area contributed by atoms with E-state index in [9.17, 15) is 0 Å². The van der Waals surface area contributed by atoms with Gasteiger partial charge in [-0.15, -0.1) is 0 Å². The predicted molar refractivity (Wildman–Crippen MR) is 47.1 cm³/mol. The van der Waals surface area contributed by atoms with E-state index in [1.807, 2.05) is 7.05 Å². The molecule has 60 valence electrons. The van der Waals surface area contributed by atoms with E-state index < -0.39 is 0 Å². The van der Waals surface area contributed by atoms with Crippen LogP contribution in [-0.2, 0) is 0 Å². The molecule has 1 unspecified atom stereocenters. The van der Waals surface area contributed by atoms with Crippen LogP contribution in [0, 0.1) is 5.92 Å². The van der Waals surface area contributed by atoms with Gasteiger partial charge >= 0.3 is 0 Å². The lowest BCUT2D eigenvalue weighted by Gasteiger charge is -2.22. The van der Waals surface area contributed by atoms with Gasteiger partial charge in [0.05, 0.1) is 0 Å². The van der Waals surface area contributed by atoms with E-state index in [1.54, 1.807) is 0 Å². The predicted octanol–water partition coefficient (Wildman–Crippen LogP) is 2.20. The Labute approximate surface area is 64.5 Å². The van der Waals surface area contributed by atoms with E-state index in [0.717, 1.165) is 0 Å². The molecule has 0 amide bonds. The second-order valence-corrected chi connectivity index (χ2v) is 3.00. The Bertz CT molecular complexity index is 107. The smallest absolute Gasteiger partial charge is 0.0297 e. The Morgan fingerprint density at radius 3 is 2.20 bits per heavy atom. The lowest BCUT2D eigenvalue weighted by molar-refractivity contribution is 0.433. The molecule has 0 spiro atoms. The summed E-state index contributed by atoms with van der Waals surface area (Å²) < 4.78 is 0. The van der Waals surface area contributed by atoms with Crippen LogP contribution in [0.25, 0.3) is 0 Å². The Kier molecular flexibility index (Phi) is 4.37. The summed E-state index contributed by atoms with van der Waals surface area (Å²) in [4.78, 5) is 0. The van der Waals surface area contributed by atoms with Crippen LogP contribution < -0.4 is 5.32 Å². The molecule has 1 N–H and O–H groups in total. The van der Waals surface area contributed by atoms with E-state index in [-0.39, 0.29) is 0 Å². The van der Waals surface area contributed by atoms with Crippen molar-refractivity contribution in [1.82, 2.24) is 5.32 Å². The topological polar surface area (TPSA) is 12.0 Å². The largest absolute Gasteiger partial charge is 0.313 e. The molecular weight excluding hydrogens is 122 g/mol. The van der Waals surface area contributed by atoms with Crippen molar-refractivity contribution in [2.45, 2.75) is 33.2 Å². The molecule has 10 heavy (non-hydrogen) atoms. The quantitative estimate of drug-likeness (QED) is 0.592. The molecule has 2 atom stereocenters. The zero-order valence-electron chi connectivity index (χ0n) is 7.57. The third-order valence-corrected chi connectivity index (χ3v) is 2.05. The number of likely N-dealkylation sites (N-methyl/N-ethyl adjacent to an activating group) is 1. The van der Waals surface area contributed by atoms with Gasteiger partial charge in [0.25, 0.3) is 0 Å². The summed E-state index contributed by atoms with van der Waals surface area (Å²) in [5, 5.41) is 3.25. The first-order valence-electron chi connectivity index (χ1n) is 3.96. The highest BCUT2D eigenvalue weighted by atomic mass is 14.9. The van der Waals surface area contributed by atoms with Crippen molar-refractivity contribution < 1.29 is 0 Å². The molecule has 0 fully saturated rings. The van der Waals surface area contributed by atoms with Crippen molar-refractivity contribution in [1.29, 1.82) is 0 Å². The van der Waals surface area contributed by atoms with Crippen LogP contribution in [0.4, 0.5) is 0 Å². The van der Waals surface area contributed by atoms with E-state index in [4.69, 9.17) is 0 Å². The minimum absolute atomic E-state index is 0.491. The molecule has 1 heteroatoms. The zero-order valence-corrected chi connectivity index (χ0v) is 7.57. The van der Waals surface area contributed by atoms with Crippen molar-refractivity contribution in [3.63, 3.8) is 0 Å². The second-order valence-electron chi connectivity index (χ2n) is 3.00. The molecule has 0 aromatic rings. The van der Waals surface area contributed by atoms with E-state index in [1.165, 1.54) is 12.0 Å². The van der Waals surface area contributed by atoms with Gasteiger partial charge in [0.15, 0.2) is 0 Å². The molecule has 0 aromatic heterocycles. The molecule has 0 aliphatic rings. The van der Waals surface area contributed by atoms with Crippen molar-refractivity contribution in [2.24, 2.45) is 5.92 Å². The van der Waals surface area contributed by atoms with Crippen LogP contribution in [0.2, 0.25) is 0 Å². The minimum Gasteiger partial charge on any atom is -0.313 e. The maximum atomic E-state index is 3.93. The van der Waals surface area contributed by atoms with Gasteiger partial charge in [0.2, 0.25) is 0 Å². The molecule has 0 aliphatic carbocycles. The van der Waals surface area contributed by atoms with Crippen molar-refractivity contribution in [3.05, 3.63) is 12.2 Å². The number of hydrogen-bond donors (Lipinski definition) is 1. The van der Waals surface area contributed by atoms with Gasteiger partial charge in [0, 0.05) is 6.04 Å². The highest BCUT2D eigenvalue weighted by molar-refractivity contribution is 5.02. The maximum Gasteiger partial charge on any atom is 0.0297 e. The normalized spacial score (nSPS) is 16.4. The van der Waals surface area contributed by atoms with Gasteiger partial charge in [-0.1, -0.05) is 32.4 Å². The maximum absolute atomic E-state index is 3.93. The number of nitrogens with one attached hydrogen (secondary N) is 1. The van der Waals surface area contributed by atoms with E-state index >= 15 is 0 Å². The molecule has 0 aliphatic heterocycles. The summed E-state index contributed by atoms with van der Waals surface area (Å²) in [5.74, 6) is 0.697. The number of rotatable bonds is 4. The molecule has 0 bridgehead atoms. The fraction of sp³-hybridized carbons (Fsp3) is 0.778. The van der Waals surface area contributed by atoms with Crippen molar-refractivity contribution >= 4 is 0 Å². The first-order chi connectivity index (χ1) is 4.63. The van der Waals surface area contributed by atoms with Crippen LogP contribution in [0.3, 0.4) is 0 Å². The highest BCUT2D eigenvalue weighted by Gasteiger charge is 2.12. The Morgan fingerprint density at radius 1 is 1.60 bits per heavy atom. The Morgan fingerprint density at radius 2 is 2.10 bits per heavy atom. The second kappa shape index (κ2) is 4.51. The highest BCUT2D eigenvalue weighted by Crippen LogP contribution is 2.12. The first kappa shape index (κ1) is 9.70. The van der Waals surface area contributed by atoms with Crippen LogP contribution in [-0.4, -0.2) is 13.1 Å². The summed E-state index contributed by atoms with van der Waals surface area (Å²) in [6, 6.07) is 0.491. The number of hydrogen-bond acceptors (Lipinski definition) is 1.